The molecule has 2 saturated heterocycles. The fourth-order valence-corrected chi connectivity index (χ4v) is 9.53. The first kappa shape index (κ1) is 44.7. The van der Waals surface area contributed by atoms with E-state index >= 15 is 0 Å². The van der Waals surface area contributed by atoms with Crippen LogP contribution in [0.1, 0.15) is 55.4 Å². The summed E-state index contributed by atoms with van der Waals surface area (Å²) in [6.45, 7) is 16.4. The van der Waals surface area contributed by atoms with Crippen LogP contribution in [0.3, 0.4) is 0 Å². The van der Waals surface area contributed by atoms with Crippen LogP contribution in [0.2, 0.25) is 0 Å². The van der Waals surface area contributed by atoms with Gasteiger partial charge in [-0.2, -0.15) is 0 Å². The van der Waals surface area contributed by atoms with Crippen molar-refractivity contribution in [3.8, 4) is 5.69 Å². The molecule has 2 aliphatic heterocycles. The minimum Gasteiger partial charge on any atom is -0.399 e. The Balaban J connectivity index is 1.08. The highest BCUT2D eigenvalue weighted by molar-refractivity contribution is 6.62. The summed E-state index contributed by atoms with van der Waals surface area (Å²) in [7, 11) is -1.03. The minimum atomic E-state index is -0.517. The summed E-state index contributed by atoms with van der Waals surface area (Å²) in [6, 6.07) is 57.5. The lowest BCUT2D eigenvalue weighted by atomic mass is 9.79. The zero-order valence-corrected chi connectivity index (χ0v) is 40.1. The van der Waals surface area contributed by atoms with Gasteiger partial charge in [0.25, 0.3) is 0 Å². The first-order valence-corrected chi connectivity index (χ1v) is 23.6. The van der Waals surface area contributed by atoms with Crippen molar-refractivity contribution in [2.24, 2.45) is 0 Å². The van der Waals surface area contributed by atoms with E-state index < -0.39 is 36.6 Å². The maximum atomic E-state index is 14.6. The smallest absolute Gasteiger partial charge is 0.399 e. The van der Waals surface area contributed by atoms with Gasteiger partial charge < -0.3 is 33.0 Å². The Bertz CT molecular complexity index is 3170. The van der Waals surface area contributed by atoms with Crippen LogP contribution in [-0.4, -0.2) is 41.2 Å². The standard InChI is InChI=1S/C58H53B2F2N3O4/c1-55(2)56(3,4)67-59(66-55)39-16-24-43(25-17-39)63(45-28-20-41(61)21-29-45)47-32-34-53-50(36-47)51-37-48(33-35-54(51)65(53)52-15-11-13-38-12-9-10-14-49(38)52)64(46-30-22-42(62)23-31-46)44-26-18-40(19-27-44)60-68-57(5,6)58(7,8)69-60/h9-37H,1-8H3. The zero-order valence-electron chi connectivity index (χ0n) is 40.1. The van der Waals surface area contributed by atoms with Gasteiger partial charge in [0.15, 0.2) is 0 Å². The van der Waals surface area contributed by atoms with Crippen molar-refractivity contribution in [2.45, 2.75) is 77.8 Å². The van der Waals surface area contributed by atoms with Gasteiger partial charge in [-0.25, -0.2) is 8.78 Å². The molecule has 2 fully saturated rings. The molecule has 0 atom stereocenters. The van der Waals surface area contributed by atoms with Crippen molar-refractivity contribution in [3.05, 3.63) is 188 Å². The normalized spacial score (nSPS) is 17.0. The highest BCUT2D eigenvalue weighted by atomic mass is 19.1. The molecule has 7 nitrogen and oxygen atoms in total. The Morgan fingerprint density at radius 2 is 0.725 bits per heavy atom. The number of halogens is 2. The Kier molecular flexibility index (Phi) is 10.7. The highest BCUT2D eigenvalue weighted by Crippen LogP contribution is 2.44. The quantitative estimate of drug-likeness (QED) is 0.134. The number of rotatable bonds is 9. The number of nitrogens with zero attached hydrogens (tertiary/aromatic N) is 3. The molecule has 69 heavy (non-hydrogen) atoms. The van der Waals surface area contributed by atoms with Crippen LogP contribution >= 0.6 is 0 Å². The van der Waals surface area contributed by atoms with E-state index in [1.807, 2.05) is 24.3 Å². The monoisotopic (exact) mass is 915 g/mol. The van der Waals surface area contributed by atoms with Crippen LogP contribution < -0.4 is 20.7 Å². The number of benzene rings is 8. The maximum absolute atomic E-state index is 14.6. The molecule has 11 rings (SSSR count). The summed E-state index contributed by atoms with van der Waals surface area (Å²) < 4.78 is 57.1. The van der Waals surface area contributed by atoms with Crippen LogP contribution in [0.5, 0.6) is 0 Å². The van der Waals surface area contributed by atoms with Gasteiger partial charge in [-0.15, -0.1) is 0 Å². The molecule has 0 N–H and O–H groups in total. The number of hydrogen-bond acceptors (Lipinski definition) is 6. The Morgan fingerprint density at radius 3 is 1.13 bits per heavy atom. The molecule has 0 saturated carbocycles. The van der Waals surface area contributed by atoms with E-state index in [9.17, 15) is 8.78 Å². The second kappa shape index (κ2) is 16.5. The third-order valence-electron chi connectivity index (χ3n) is 14.8. The number of fused-ring (bicyclic) bond motifs is 4. The molecular formula is C58H53B2F2N3O4. The van der Waals surface area contributed by atoms with Gasteiger partial charge in [0, 0.05) is 50.3 Å². The van der Waals surface area contributed by atoms with Crippen LogP contribution in [0.25, 0.3) is 38.3 Å². The first-order valence-electron chi connectivity index (χ1n) is 23.6. The number of anilines is 6. The lowest BCUT2D eigenvalue weighted by Crippen LogP contribution is -2.41. The average molecular weight is 916 g/mol. The fraction of sp³-hybridized carbons (Fsp3) is 0.207. The molecule has 1 aromatic heterocycles. The van der Waals surface area contributed by atoms with E-state index in [0.717, 1.165) is 83.3 Å². The molecule has 0 spiro atoms. The van der Waals surface area contributed by atoms with Crippen LogP contribution in [0.4, 0.5) is 42.9 Å². The van der Waals surface area contributed by atoms with Gasteiger partial charge >= 0.3 is 14.2 Å². The average Bonchev–Trinajstić information content (AvgIpc) is 3.86. The van der Waals surface area contributed by atoms with Gasteiger partial charge in [-0.3, -0.25) is 0 Å². The molecule has 0 amide bonds. The predicted octanol–water partition coefficient (Wildman–Crippen LogP) is 13.8. The molecule has 0 unspecified atom stereocenters. The molecular weight excluding hydrogens is 862 g/mol. The highest BCUT2D eigenvalue weighted by Gasteiger charge is 2.52. The Morgan fingerprint density at radius 1 is 0.377 bits per heavy atom. The van der Waals surface area contributed by atoms with Gasteiger partial charge in [-0.1, -0.05) is 60.7 Å². The van der Waals surface area contributed by atoms with Crippen molar-refractivity contribution in [1.82, 2.24) is 4.57 Å². The van der Waals surface area contributed by atoms with Crippen molar-refractivity contribution < 1.29 is 27.4 Å². The summed E-state index contributed by atoms with van der Waals surface area (Å²) >= 11 is 0. The van der Waals surface area contributed by atoms with Gasteiger partial charge in [0.05, 0.1) is 39.1 Å². The van der Waals surface area contributed by atoms with Crippen molar-refractivity contribution >= 4 is 91.9 Å². The van der Waals surface area contributed by atoms with Crippen LogP contribution in [0.15, 0.2) is 176 Å². The molecule has 344 valence electrons. The van der Waals surface area contributed by atoms with Gasteiger partial charge in [0.1, 0.15) is 11.6 Å². The molecule has 8 aromatic carbocycles. The lowest BCUT2D eigenvalue weighted by molar-refractivity contribution is 0.00578. The summed E-state index contributed by atoms with van der Waals surface area (Å²) in [5.74, 6) is -0.631. The summed E-state index contributed by atoms with van der Waals surface area (Å²) in [5, 5.41) is 4.27. The second-order valence-corrected chi connectivity index (χ2v) is 20.2. The molecule has 11 heteroatoms. The Hall–Kier alpha value is -6.75. The molecule has 0 radical (unpaired) electrons. The third kappa shape index (κ3) is 7.78. The van der Waals surface area contributed by atoms with Gasteiger partial charge in [0.2, 0.25) is 0 Å². The summed E-state index contributed by atoms with van der Waals surface area (Å²) in [5.41, 5.74) is 8.09. The summed E-state index contributed by atoms with van der Waals surface area (Å²) in [6.07, 6.45) is 0. The van der Waals surface area contributed by atoms with E-state index in [1.165, 1.54) is 24.3 Å². The maximum Gasteiger partial charge on any atom is 0.494 e. The molecule has 9 aromatic rings. The molecule has 2 aliphatic rings. The van der Waals surface area contributed by atoms with E-state index in [2.05, 4.69) is 173 Å². The first-order chi connectivity index (χ1) is 33.0. The van der Waals surface area contributed by atoms with Crippen LogP contribution in [-0.2, 0) is 18.6 Å². The van der Waals surface area contributed by atoms with Crippen LogP contribution in [0, 0.1) is 11.6 Å². The van der Waals surface area contributed by atoms with Gasteiger partial charge in [-0.05, 0) is 187 Å². The fourth-order valence-electron chi connectivity index (χ4n) is 9.53. The number of hydrogen-bond donors (Lipinski definition) is 0. The largest absolute Gasteiger partial charge is 0.494 e. The van der Waals surface area contributed by atoms with E-state index in [0.29, 0.717) is 0 Å². The zero-order chi connectivity index (χ0) is 48.0. The molecule has 3 heterocycles. The van der Waals surface area contributed by atoms with Crippen molar-refractivity contribution in [1.29, 1.82) is 0 Å². The van der Waals surface area contributed by atoms with E-state index in [4.69, 9.17) is 18.6 Å². The third-order valence-corrected chi connectivity index (χ3v) is 14.8. The summed E-state index contributed by atoms with van der Waals surface area (Å²) in [4.78, 5) is 4.29. The Labute approximate surface area is 403 Å². The molecule has 0 aliphatic carbocycles. The predicted molar refractivity (Wildman–Crippen MR) is 279 cm³/mol. The second-order valence-electron chi connectivity index (χ2n) is 20.2. The topological polar surface area (TPSA) is 48.3 Å². The minimum absolute atomic E-state index is 0.315. The number of aromatic nitrogens is 1. The SMILES string of the molecule is CC1(C)OB(c2ccc(N(c3ccc(F)cc3)c3ccc4c(c3)c3cc(N(c5ccc(F)cc5)c5ccc(B6OC(C)(C)C(C)(C)O6)cc5)ccc3n4-c3cccc4ccccc34)cc2)OC1(C)C. The van der Waals surface area contributed by atoms with E-state index in [-0.39, 0.29) is 11.6 Å². The lowest BCUT2D eigenvalue weighted by Gasteiger charge is -2.32. The van der Waals surface area contributed by atoms with Crippen molar-refractivity contribution in [3.63, 3.8) is 0 Å². The van der Waals surface area contributed by atoms with Crippen molar-refractivity contribution in [2.75, 3.05) is 9.80 Å². The molecule has 0 bridgehead atoms. The van der Waals surface area contributed by atoms with E-state index in [1.54, 1.807) is 24.3 Å².